The Labute approximate surface area is 74.4 Å². The van der Waals surface area contributed by atoms with Gasteiger partial charge in [0.2, 0.25) is 0 Å². The number of carbonyl (C=O) groups excluding carboxylic acids is 1. The molecule has 0 amide bonds. The van der Waals surface area contributed by atoms with E-state index in [1.54, 1.807) is 6.07 Å². The number of hydrogen-bond donors (Lipinski definition) is 0. The molecule has 1 aromatic carbocycles. The Kier molecular flexibility index (Phi) is 2.60. The first kappa shape index (κ1) is 9.20. The first-order valence-electron chi connectivity index (χ1n) is 3.45. The molecule has 0 saturated heterocycles. The van der Waals surface area contributed by atoms with E-state index < -0.39 is 5.82 Å². The summed E-state index contributed by atoms with van der Waals surface area (Å²) in [6.45, 7) is 0. The van der Waals surface area contributed by atoms with Gasteiger partial charge in [-0.2, -0.15) is 5.26 Å². The molecule has 3 nitrogen and oxygen atoms in total. The van der Waals surface area contributed by atoms with Crippen LogP contribution in [0.25, 0.3) is 0 Å². The Balaban J connectivity index is 3.36. The van der Waals surface area contributed by atoms with Crippen molar-refractivity contribution in [2.24, 2.45) is 0 Å². The summed E-state index contributed by atoms with van der Waals surface area (Å²) in [4.78, 5) is 10.3. The van der Waals surface area contributed by atoms with Crippen LogP contribution >= 0.6 is 0 Å². The van der Waals surface area contributed by atoms with E-state index in [0.29, 0.717) is 6.29 Å². The third-order valence-electron chi connectivity index (χ3n) is 1.57. The summed E-state index contributed by atoms with van der Waals surface area (Å²) in [6.07, 6.45) is 0.374. The summed E-state index contributed by atoms with van der Waals surface area (Å²) in [7, 11) is 1.35. The highest BCUT2D eigenvalue weighted by Gasteiger charge is 2.08. The fourth-order valence-electron chi connectivity index (χ4n) is 0.916. The molecule has 0 atom stereocenters. The van der Waals surface area contributed by atoms with Gasteiger partial charge in [0, 0.05) is 0 Å². The first-order valence-corrected chi connectivity index (χ1v) is 3.45. The van der Waals surface area contributed by atoms with Crippen molar-refractivity contribution in [2.45, 2.75) is 0 Å². The van der Waals surface area contributed by atoms with Gasteiger partial charge in [-0.3, -0.25) is 4.79 Å². The largest absolute Gasteiger partial charge is 0.495 e. The highest BCUT2D eigenvalue weighted by molar-refractivity contribution is 5.76. The molecule has 0 bridgehead atoms. The number of benzene rings is 1. The summed E-state index contributed by atoms with van der Waals surface area (Å²) in [5.41, 5.74) is -0.0403. The molecule has 0 aliphatic rings. The molecule has 1 aromatic rings. The van der Waals surface area contributed by atoms with Crippen LogP contribution in [0, 0.1) is 17.1 Å². The van der Waals surface area contributed by atoms with Gasteiger partial charge >= 0.3 is 0 Å². The van der Waals surface area contributed by atoms with E-state index >= 15 is 0 Å². The maximum absolute atomic E-state index is 12.9. The van der Waals surface area contributed by atoms with E-state index in [9.17, 15) is 9.18 Å². The number of ether oxygens (including phenoxy) is 1. The maximum atomic E-state index is 12.9. The van der Waals surface area contributed by atoms with Gasteiger partial charge in [0.1, 0.15) is 17.6 Å². The highest BCUT2D eigenvalue weighted by atomic mass is 19.1. The number of carbonyl (C=O) groups is 1. The summed E-state index contributed by atoms with van der Waals surface area (Å²) >= 11 is 0. The maximum Gasteiger partial charge on any atom is 0.153 e. The van der Waals surface area contributed by atoms with Gasteiger partial charge in [-0.15, -0.1) is 0 Å². The molecule has 4 heteroatoms. The number of aldehydes is 1. The van der Waals surface area contributed by atoms with Crippen LogP contribution in [0.3, 0.4) is 0 Å². The fraction of sp³-hybridized carbons (Fsp3) is 0.111. The molecular weight excluding hydrogens is 173 g/mol. The van der Waals surface area contributed by atoms with E-state index in [0.717, 1.165) is 6.07 Å². The zero-order valence-corrected chi connectivity index (χ0v) is 6.87. The Hall–Kier alpha value is -1.89. The normalized spacial score (nSPS) is 9.00. The van der Waals surface area contributed by atoms with Gasteiger partial charge in [0.05, 0.1) is 18.2 Å². The quantitative estimate of drug-likeness (QED) is 0.646. The zero-order valence-electron chi connectivity index (χ0n) is 6.87. The van der Waals surface area contributed by atoms with Gasteiger partial charge in [-0.25, -0.2) is 4.39 Å². The minimum Gasteiger partial charge on any atom is -0.495 e. The second kappa shape index (κ2) is 3.68. The summed E-state index contributed by atoms with van der Waals surface area (Å²) in [6, 6.07) is 3.93. The van der Waals surface area contributed by atoms with Crippen LogP contribution in [0.15, 0.2) is 12.1 Å². The Morgan fingerprint density at radius 3 is 2.77 bits per heavy atom. The number of rotatable bonds is 2. The third kappa shape index (κ3) is 1.64. The van der Waals surface area contributed by atoms with E-state index in [1.807, 2.05) is 0 Å². The zero-order chi connectivity index (χ0) is 9.84. The van der Waals surface area contributed by atoms with Crippen LogP contribution in [0.1, 0.15) is 15.9 Å². The molecule has 0 aliphatic carbocycles. The molecule has 13 heavy (non-hydrogen) atoms. The second-order valence-electron chi connectivity index (χ2n) is 2.30. The number of halogens is 1. The lowest BCUT2D eigenvalue weighted by Gasteiger charge is -2.03. The summed E-state index contributed by atoms with van der Waals surface area (Å²) in [5, 5.41) is 8.55. The van der Waals surface area contributed by atoms with Crippen LogP contribution < -0.4 is 4.74 Å². The Morgan fingerprint density at radius 1 is 1.62 bits per heavy atom. The van der Waals surface area contributed by atoms with Crippen LogP contribution in [0.5, 0.6) is 5.75 Å². The Bertz CT molecular complexity index is 382. The van der Waals surface area contributed by atoms with Crippen LogP contribution in [-0.2, 0) is 0 Å². The molecule has 0 aromatic heterocycles. The van der Waals surface area contributed by atoms with Gasteiger partial charge in [-0.1, -0.05) is 0 Å². The molecule has 0 N–H and O–H groups in total. The van der Waals surface area contributed by atoms with Crippen molar-refractivity contribution < 1.29 is 13.9 Å². The number of hydrogen-bond acceptors (Lipinski definition) is 3. The number of nitriles is 1. The smallest absolute Gasteiger partial charge is 0.153 e. The van der Waals surface area contributed by atoms with E-state index in [2.05, 4.69) is 0 Å². The number of nitrogens with zero attached hydrogens (tertiary/aromatic N) is 1. The summed E-state index contributed by atoms with van der Waals surface area (Å²) in [5.74, 6) is -0.515. The SMILES string of the molecule is COc1cc(C=O)c(F)cc1C#N. The standard InChI is InChI=1S/C9H6FNO2/c1-13-9-3-7(5-12)8(10)2-6(9)4-11/h2-3,5H,1H3. The molecule has 0 heterocycles. The van der Waals surface area contributed by atoms with Crippen molar-refractivity contribution in [3.8, 4) is 11.8 Å². The van der Waals surface area contributed by atoms with E-state index in [4.69, 9.17) is 10.00 Å². The third-order valence-corrected chi connectivity index (χ3v) is 1.57. The Morgan fingerprint density at radius 2 is 2.31 bits per heavy atom. The van der Waals surface area contributed by atoms with Crippen molar-refractivity contribution in [1.29, 1.82) is 5.26 Å². The van der Waals surface area contributed by atoms with Gasteiger partial charge < -0.3 is 4.74 Å². The molecule has 0 spiro atoms. The molecule has 0 aliphatic heterocycles. The number of methoxy groups -OCH3 is 1. The molecular formula is C9H6FNO2. The van der Waals surface area contributed by atoms with Crippen molar-refractivity contribution >= 4 is 6.29 Å². The molecule has 1 rings (SSSR count). The molecule has 0 unspecified atom stereocenters. The van der Waals surface area contributed by atoms with Crippen LogP contribution in [0.4, 0.5) is 4.39 Å². The topological polar surface area (TPSA) is 50.1 Å². The molecule has 0 saturated carbocycles. The lowest BCUT2D eigenvalue weighted by atomic mass is 10.1. The van der Waals surface area contributed by atoms with Crippen molar-refractivity contribution in [3.05, 3.63) is 29.1 Å². The fourth-order valence-corrected chi connectivity index (χ4v) is 0.916. The van der Waals surface area contributed by atoms with Gasteiger partial charge in [0.15, 0.2) is 6.29 Å². The van der Waals surface area contributed by atoms with Crippen LogP contribution in [0.2, 0.25) is 0 Å². The van der Waals surface area contributed by atoms with Gasteiger partial charge in [-0.05, 0) is 12.1 Å². The van der Waals surface area contributed by atoms with E-state index in [1.165, 1.54) is 13.2 Å². The first-order chi connectivity index (χ1) is 6.22. The minimum absolute atomic E-state index is 0.0746. The van der Waals surface area contributed by atoms with Crippen LogP contribution in [-0.4, -0.2) is 13.4 Å². The molecule has 66 valence electrons. The predicted molar refractivity (Wildman–Crippen MR) is 43.1 cm³/mol. The molecule has 0 fully saturated rings. The second-order valence-corrected chi connectivity index (χ2v) is 2.30. The van der Waals surface area contributed by atoms with E-state index in [-0.39, 0.29) is 16.9 Å². The monoisotopic (exact) mass is 179 g/mol. The highest BCUT2D eigenvalue weighted by Crippen LogP contribution is 2.20. The average molecular weight is 179 g/mol. The average Bonchev–Trinajstić information content (AvgIpc) is 2.17. The predicted octanol–water partition coefficient (Wildman–Crippen LogP) is 1.52. The summed E-state index contributed by atoms with van der Waals surface area (Å²) < 4.78 is 17.7. The lowest BCUT2D eigenvalue weighted by Crippen LogP contribution is -1.94. The lowest BCUT2D eigenvalue weighted by molar-refractivity contribution is 0.111. The van der Waals surface area contributed by atoms with Crippen molar-refractivity contribution in [2.75, 3.05) is 7.11 Å². The van der Waals surface area contributed by atoms with Crippen molar-refractivity contribution in [1.82, 2.24) is 0 Å². The minimum atomic E-state index is -0.715. The van der Waals surface area contributed by atoms with Crippen molar-refractivity contribution in [3.63, 3.8) is 0 Å². The van der Waals surface area contributed by atoms with Gasteiger partial charge in [0.25, 0.3) is 0 Å². The molecule has 0 radical (unpaired) electrons.